The lowest BCUT2D eigenvalue weighted by atomic mass is 10.3. The van der Waals surface area contributed by atoms with Gasteiger partial charge >= 0.3 is 0 Å². The number of nitrogens with one attached hydrogen (secondary N) is 1. The topological polar surface area (TPSA) is 52.0 Å². The van der Waals surface area contributed by atoms with Crippen LogP contribution >= 0.6 is 0 Å². The van der Waals surface area contributed by atoms with Crippen LogP contribution in [0.15, 0.2) is 6.33 Å². The van der Waals surface area contributed by atoms with Crippen molar-refractivity contribution in [2.75, 3.05) is 0 Å². The quantitative estimate of drug-likeness (QED) is 0.723. The van der Waals surface area contributed by atoms with Crippen LogP contribution in [-0.4, -0.2) is 20.9 Å². The zero-order valence-electron chi connectivity index (χ0n) is 8.44. The first-order valence-electron chi connectivity index (χ1n) is 5.07. The summed E-state index contributed by atoms with van der Waals surface area (Å²) in [6.45, 7) is 0.618. The Morgan fingerprint density at radius 1 is 1.57 bits per heavy atom. The molecule has 1 aromatic rings. The molecule has 0 aliphatic heterocycles. The van der Waals surface area contributed by atoms with Gasteiger partial charge in [-0.3, -0.25) is 4.84 Å². The van der Waals surface area contributed by atoms with Crippen LogP contribution in [0.4, 0.5) is 0 Å². The van der Waals surface area contributed by atoms with Crippen LogP contribution in [0.1, 0.15) is 31.5 Å². The second kappa shape index (κ2) is 4.52. The van der Waals surface area contributed by atoms with E-state index in [1.807, 2.05) is 11.6 Å². The SMILES string of the molecule is Cn1cnnc1CNOC1CCCC1. The van der Waals surface area contributed by atoms with Gasteiger partial charge in [0.25, 0.3) is 0 Å². The number of hydrogen-bond donors (Lipinski definition) is 1. The average Bonchev–Trinajstić information content (AvgIpc) is 2.78. The molecule has 0 aromatic carbocycles. The van der Waals surface area contributed by atoms with E-state index in [0.717, 1.165) is 5.82 Å². The Hall–Kier alpha value is -0.940. The van der Waals surface area contributed by atoms with Gasteiger partial charge < -0.3 is 4.57 Å². The van der Waals surface area contributed by atoms with Gasteiger partial charge in [0, 0.05) is 7.05 Å². The molecule has 0 atom stereocenters. The van der Waals surface area contributed by atoms with Crippen molar-refractivity contribution >= 4 is 0 Å². The third kappa shape index (κ3) is 2.30. The molecule has 0 unspecified atom stereocenters. The van der Waals surface area contributed by atoms with Crippen molar-refractivity contribution in [1.82, 2.24) is 20.2 Å². The number of nitrogens with zero attached hydrogens (tertiary/aromatic N) is 3. The van der Waals surface area contributed by atoms with Gasteiger partial charge in [0.2, 0.25) is 0 Å². The predicted octanol–water partition coefficient (Wildman–Crippen LogP) is 0.779. The largest absolute Gasteiger partial charge is 0.320 e. The highest BCUT2D eigenvalue weighted by Crippen LogP contribution is 2.19. The first kappa shape index (κ1) is 9.61. The first-order valence-corrected chi connectivity index (χ1v) is 5.07. The minimum Gasteiger partial charge on any atom is -0.320 e. The monoisotopic (exact) mass is 196 g/mol. The normalized spacial score (nSPS) is 17.8. The molecule has 14 heavy (non-hydrogen) atoms. The maximum Gasteiger partial charge on any atom is 0.148 e. The Labute approximate surface area is 83.4 Å². The maximum atomic E-state index is 5.50. The molecule has 1 fully saturated rings. The van der Waals surface area contributed by atoms with Crippen LogP contribution in [0.25, 0.3) is 0 Å². The van der Waals surface area contributed by atoms with Gasteiger partial charge in [-0.25, -0.2) is 0 Å². The van der Waals surface area contributed by atoms with Crippen LogP contribution in [-0.2, 0) is 18.4 Å². The summed E-state index contributed by atoms with van der Waals surface area (Å²) in [5.74, 6) is 0.892. The summed E-state index contributed by atoms with van der Waals surface area (Å²) < 4.78 is 1.88. The molecule has 0 spiro atoms. The van der Waals surface area contributed by atoms with Gasteiger partial charge in [-0.2, -0.15) is 5.48 Å². The van der Waals surface area contributed by atoms with Crippen molar-refractivity contribution < 1.29 is 4.84 Å². The van der Waals surface area contributed by atoms with Crippen molar-refractivity contribution in [1.29, 1.82) is 0 Å². The third-order valence-electron chi connectivity index (χ3n) is 2.59. The Morgan fingerprint density at radius 2 is 2.36 bits per heavy atom. The highest BCUT2D eigenvalue weighted by Gasteiger charge is 2.15. The Morgan fingerprint density at radius 3 is 3.00 bits per heavy atom. The van der Waals surface area contributed by atoms with Crippen molar-refractivity contribution in [2.45, 2.75) is 38.3 Å². The van der Waals surface area contributed by atoms with E-state index >= 15 is 0 Å². The minimum atomic E-state index is 0.392. The number of aryl methyl sites for hydroxylation is 1. The van der Waals surface area contributed by atoms with Crippen LogP contribution in [0, 0.1) is 0 Å². The summed E-state index contributed by atoms with van der Waals surface area (Å²) in [5.41, 5.74) is 2.95. The van der Waals surface area contributed by atoms with Crippen LogP contribution in [0.2, 0.25) is 0 Å². The third-order valence-corrected chi connectivity index (χ3v) is 2.59. The zero-order chi connectivity index (χ0) is 9.80. The Balaban J connectivity index is 1.70. The molecule has 78 valence electrons. The minimum absolute atomic E-state index is 0.392. The molecule has 0 bridgehead atoms. The molecule has 5 heteroatoms. The second-order valence-corrected chi connectivity index (χ2v) is 3.70. The van der Waals surface area contributed by atoms with Crippen molar-refractivity contribution in [3.8, 4) is 0 Å². The van der Waals surface area contributed by atoms with Crippen molar-refractivity contribution in [3.63, 3.8) is 0 Å². The molecule has 1 aliphatic carbocycles. The highest BCUT2D eigenvalue weighted by atomic mass is 16.7. The maximum absolute atomic E-state index is 5.50. The summed E-state index contributed by atoms with van der Waals surface area (Å²) >= 11 is 0. The van der Waals surface area contributed by atoms with Crippen molar-refractivity contribution in [2.24, 2.45) is 7.05 Å². The molecule has 0 saturated heterocycles. The summed E-state index contributed by atoms with van der Waals surface area (Å²) in [6.07, 6.45) is 7.00. The molecular weight excluding hydrogens is 180 g/mol. The van der Waals surface area contributed by atoms with Crippen molar-refractivity contribution in [3.05, 3.63) is 12.2 Å². The van der Waals surface area contributed by atoms with Gasteiger partial charge in [0.1, 0.15) is 12.2 Å². The number of hydrogen-bond acceptors (Lipinski definition) is 4. The van der Waals surface area contributed by atoms with Crippen LogP contribution < -0.4 is 5.48 Å². The lowest BCUT2D eigenvalue weighted by Crippen LogP contribution is -2.22. The fourth-order valence-electron chi connectivity index (χ4n) is 1.70. The summed E-state index contributed by atoms with van der Waals surface area (Å²) in [6, 6.07) is 0. The summed E-state index contributed by atoms with van der Waals surface area (Å²) in [7, 11) is 1.92. The van der Waals surface area contributed by atoms with E-state index in [-0.39, 0.29) is 0 Å². The fraction of sp³-hybridized carbons (Fsp3) is 0.778. The fourth-order valence-corrected chi connectivity index (χ4v) is 1.70. The van der Waals surface area contributed by atoms with Gasteiger partial charge in [0.05, 0.1) is 12.6 Å². The van der Waals surface area contributed by atoms with Crippen LogP contribution in [0.5, 0.6) is 0 Å². The molecule has 1 aliphatic rings. The molecule has 1 N–H and O–H groups in total. The molecule has 5 nitrogen and oxygen atoms in total. The van der Waals surface area contributed by atoms with E-state index < -0.39 is 0 Å². The number of rotatable bonds is 4. The lowest BCUT2D eigenvalue weighted by Gasteiger charge is -2.10. The molecule has 1 heterocycles. The molecule has 0 radical (unpaired) electrons. The standard InChI is InChI=1S/C9H16N4O/c1-13-7-10-12-9(13)6-11-14-8-4-2-3-5-8/h7-8,11H,2-6H2,1H3. The Kier molecular flexibility index (Phi) is 3.10. The van der Waals surface area contributed by atoms with Gasteiger partial charge in [0.15, 0.2) is 0 Å². The van der Waals surface area contributed by atoms with E-state index in [2.05, 4.69) is 15.7 Å². The van der Waals surface area contributed by atoms with E-state index in [9.17, 15) is 0 Å². The molecule has 1 aromatic heterocycles. The highest BCUT2D eigenvalue weighted by molar-refractivity contribution is 4.81. The smallest absolute Gasteiger partial charge is 0.148 e. The Bertz CT molecular complexity index is 280. The molecule has 0 amide bonds. The van der Waals surface area contributed by atoms with Crippen LogP contribution in [0.3, 0.4) is 0 Å². The molecule has 2 rings (SSSR count). The van der Waals surface area contributed by atoms with E-state index in [1.165, 1.54) is 25.7 Å². The number of aromatic nitrogens is 3. The van der Waals surface area contributed by atoms with Gasteiger partial charge in [-0.05, 0) is 12.8 Å². The average molecular weight is 196 g/mol. The van der Waals surface area contributed by atoms with E-state index in [0.29, 0.717) is 12.6 Å². The zero-order valence-corrected chi connectivity index (χ0v) is 8.44. The second-order valence-electron chi connectivity index (χ2n) is 3.70. The first-order chi connectivity index (χ1) is 6.86. The summed E-state index contributed by atoms with van der Waals surface area (Å²) in [5, 5.41) is 7.74. The number of hydroxylamine groups is 1. The van der Waals surface area contributed by atoms with Gasteiger partial charge in [-0.1, -0.05) is 12.8 Å². The molecular formula is C9H16N4O. The molecule has 1 saturated carbocycles. The predicted molar refractivity (Wildman–Crippen MR) is 51.2 cm³/mol. The lowest BCUT2D eigenvalue weighted by molar-refractivity contribution is -0.0257. The van der Waals surface area contributed by atoms with Gasteiger partial charge in [-0.15, -0.1) is 10.2 Å². The summed E-state index contributed by atoms with van der Waals surface area (Å²) in [4.78, 5) is 5.50. The van der Waals surface area contributed by atoms with E-state index in [1.54, 1.807) is 6.33 Å². The van der Waals surface area contributed by atoms with E-state index in [4.69, 9.17) is 4.84 Å².